The van der Waals surface area contributed by atoms with Crippen LogP contribution in [0.5, 0.6) is 0 Å². The Bertz CT molecular complexity index is 869. The summed E-state index contributed by atoms with van der Waals surface area (Å²) in [6.07, 6.45) is 0.915. The molecule has 0 bridgehead atoms. The van der Waals surface area contributed by atoms with Crippen LogP contribution in [0.3, 0.4) is 0 Å². The van der Waals surface area contributed by atoms with Gasteiger partial charge >= 0.3 is 0 Å². The van der Waals surface area contributed by atoms with Crippen LogP contribution in [0.15, 0.2) is 24.3 Å². The van der Waals surface area contributed by atoms with Gasteiger partial charge in [0.1, 0.15) is 5.60 Å². The van der Waals surface area contributed by atoms with Crippen molar-refractivity contribution in [3.8, 4) is 11.4 Å². The van der Waals surface area contributed by atoms with Gasteiger partial charge in [0.15, 0.2) is 5.82 Å². The van der Waals surface area contributed by atoms with E-state index in [4.69, 9.17) is 9.47 Å². The summed E-state index contributed by atoms with van der Waals surface area (Å²) in [7, 11) is 1.88. The van der Waals surface area contributed by atoms with E-state index in [1.54, 1.807) is 12.1 Å². The van der Waals surface area contributed by atoms with Gasteiger partial charge in [-0.15, -0.1) is 10.2 Å². The van der Waals surface area contributed by atoms with Gasteiger partial charge < -0.3 is 14.4 Å². The highest BCUT2D eigenvalue weighted by Gasteiger charge is 2.48. The van der Waals surface area contributed by atoms with Crippen LogP contribution in [0.2, 0.25) is 0 Å². The lowest BCUT2D eigenvalue weighted by Gasteiger charge is -2.45. The summed E-state index contributed by atoms with van der Waals surface area (Å²) in [6.45, 7) is 6.18. The van der Waals surface area contributed by atoms with Gasteiger partial charge in [0.05, 0.1) is 23.7 Å². The first kappa shape index (κ1) is 17.9. The van der Waals surface area contributed by atoms with Gasteiger partial charge in [0.25, 0.3) is 5.69 Å². The number of benzene rings is 1. The number of hydrogen-bond donors (Lipinski definition) is 0. The third kappa shape index (κ3) is 3.06. The van der Waals surface area contributed by atoms with Crippen LogP contribution >= 0.6 is 0 Å². The van der Waals surface area contributed by atoms with Crippen LogP contribution in [-0.2, 0) is 16.5 Å². The van der Waals surface area contributed by atoms with Crippen LogP contribution in [0.25, 0.3) is 11.4 Å². The van der Waals surface area contributed by atoms with E-state index in [1.807, 2.05) is 11.6 Å². The highest BCUT2D eigenvalue weighted by molar-refractivity contribution is 5.61. The quantitative estimate of drug-likeness (QED) is 0.601. The molecule has 27 heavy (non-hydrogen) atoms. The summed E-state index contributed by atoms with van der Waals surface area (Å²) >= 11 is 0. The monoisotopic (exact) mass is 373 g/mol. The van der Waals surface area contributed by atoms with Gasteiger partial charge in [-0.2, -0.15) is 0 Å². The Morgan fingerprint density at radius 1 is 1.33 bits per heavy atom. The number of ether oxygens (including phenoxy) is 2. The van der Waals surface area contributed by atoms with E-state index in [1.165, 1.54) is 12.1 Å². The first-order valence-electron chi connectivity index (χ1n) is 9.08. The Hall–Kier alpha value is -2.52. The van der Waals surface area contributed by atoms with E-state index in [0.717, 1.165) is 12.4 Å². The molecule has 144 valence electrons. The number of nitro benzene ring substituents is 1. The second-order valence-corrected chi connectivity index (χ2v) is 7.33. The molecule has 2 saturated heterocycles. The number of hydrogen-bond acceptors (Lipinski definition) is 7. The maximum Gasteiger partial charge on any atom is 0.270 e. The molecule has 0 saturated carbocycles. The molecule has 9 nitrogen and oxygen atoms in total. The van der Waals surface area contributed by atoms with Crippen molar-refractivity contribution in [1.29, 1.82) is 0 Å². The average Bonchev–Trinajstić information content (AvgIpc) is 3.17. The molecule has 1 aromatic carbocycles. The second kappa shape index (κ2) is 6.58. The zero-order valence-corrected chi connectivity index (χ0v) is 15.7. The van der Waals surface area contributed by atoms with Gasteiger partial charge in [-0.05, 0) is 13.8 Å². The van der Waals surface area contributed by atoms with E-state index < -0.39 is 4.92 Å². The van der Waals surface area contributed by atoms with Crippen molar-refractivity contribution in [3.63, 3.8) is 0 Å². The van der Waals surface area contributed by atoms with Gasteiger partial charge in [0.2, 0.25) is 5.95 Å². The molecule has 2 aliphatic heterocycles. The number of rotatable bonds is 3. The van der Waals surface area contributed by atoms with Crippen molar-refractivity contribution in [1.82, 2.24) is 14.8 Å². The third-order valence-electron chi connectivity index (χ3n) is 5.46. The first-order chi connectivity index (χ1) is 12.9. The van der Waals surface area contributed by atoms with Crippen molar-refractivity contribution >= 4 is 11.6 Å². The molecule has 0 radical (unpaired) electrons. The lowest BCUT2D eigenvalue weighted by molar-refractivity contribution is -0.384. The van der Waals surface area contributed by atoms with Crippen LogP contribution in [0.1, 0.15) is 20.3 Å². The maximum absolute atomic E-state index is 11.1. The summed E-state index contributed by atoms with van der Waals surface area (Å²) < 4.78 is 13.9. The normalized spacial score (nSPS) is 28.0. The summed E-state index contributed by atoms with van der Waals surface area (Å²) in [5.41, 5.74) is 0.363. The van der Waals surface area contributed by atoms with Crippen molar-refractivity contribution in [2.24, 2.45) is 7.05 Å². The number of morpholine rings is 1. The predicted octanol–water partition coefficient (Wildman–Crippen LogP) is 2.16. The molecule has 3 atom stereocenters. The molecular weight excluding hydrogens is 350 g/mol. The fourth-order valence-electron chi connectivity index (χ4n) is 4.06. The molecular formula is C18H23N5O4. The van der Waals surface area contributed by atoms with Gasteiger partial charge in [-0.25, -0.2) is 0 Å². The SMILES string of the molecule is C[C@@H]1CN(c2nnc(-c3cccc([N+](=O)[O-])c3)n2C)C[C@]2(CCO[C@H]2C)O1. The van der Waals surface area contributed by atoms with Gasteiger partial charge in [-0.3, -0.25) is 14.7 Å². The molecule has 0 aliphatic carbocycles. The van der Waals surface area contributed by atoms with Crippen LogP contribution < -0.4 is 4.90 Å². The molecule has 2 fully saturated rings. The minimum absolute atomic E-state index is 0.0206. The molecule has 1 spiro atoms. The van der Waals surface area contributed by atoms with Crippen molar-refractivity contribution < 1.29 is 14.4 Å². The fourth-order valence-corrected chi connectivity index (χ4v) is 4.06. The Labute approximate surface area is 157 Å². The average molecular weight is 373 g/mol. The van der Waals surface area contributed by atoms with Crippen LogP contribution in [-0.4, -0.2) is 57.2 Å². The third-order valence-corrected chi connectivity index (χ3v) is 5.46. The smallest absolute Gasteiger partial charge is 0.270 e. The predicted molar refractivity (Wildman–Crippen MR) is 98.6 cm³/mol. The summed E-state index contributed by atoms with van der Waals surface area (Å²) in [6, 6.07) is 6.45. The molecule has 0 N–H and O–H groups in total. The number of aromatic nitrogens is 3. The van der Waals surface area contributed by atoms with E-state index in [-0.39, 0.29) is 23.5 Å². The lowest BCUT2D eigenvalue weighted by atomic mass is 9.93. The summed E-state index contributed by atoms with van der Waals surface area (Å²) in [5, 5.41) is 19.7. The van der Waals surface area contributed by atoms with E-state index in [9.17, 15) is 10.1 Å². The summed E-state index contributed by atoms with van der Waals surface area (Å²) in [4.78, 5) is 12.8. The van der Waals surface area contributed by atoms with Crippen LogP contribution in [0, 0.1) is 10.1 Å². The van der Waals surface area contributed by atoms with Crippen molar-refractivity contribution in [2.75, 3.05) is 24.6 Å². The molecule has 2 aliphatic rings. The number of anilines is 1. The molecule has 3 heterocycles. The highest BCUT2D eigenvalue weighted by Crippen LogP contribution is 2.36. The Kier molecular flexibility index (Phi) is 4.35. The van der Waals surface area contributed by atoms with Crippen LogP contribution in [0.4, 0.5) is 11.6 Å². The Morgan fingerprint density at radius 2 is 2.15 bits per heavy atom. The minimum Gasteiger partial charge on any atom is -0.375 e. The molecule has 9 heteroatoms. The molecule has 0 unspecified atom stereocenters. The zero-order chi connectivity index (χ0) is 19.2. The molecule has 0 amide bonds. The topological polar surface area (TPSA) is 95.6 Å². The fraction of sp³-hybridized carbons (Fsp3) is 0.556. The number of nitro groups is 1. The van der Waals surface area contributed by atoms with Gasteiger partial charge in [0, 0.05) is 44.3 Å². The largest absolute Gasteiger partial charge is 0.375 e. The standard InChI is InChI=1S/C18H23N5O4/c1-12-10-22(11-18(27-12)7-8-26-13(18)2)17-20-19-16(21(17)3)14-5-4-6-15(9-14)23(24)25/h4-6,9,12-13H,7-8,10-11H2,1-3H3/t12-,13+,18+/m1/s1. The zero-order valence-electron chi connectivity index (χ0n) is 15.7. The summed E-state index contributed by atoms with van der Waals surface area (Å²) in [5.74, 6) is 1.32. The second-order valence-electron chi connectivity index (χ2n) is 7.33. The molecule has 1 aromatic heterocycles. The Morgan fingerprint density at radius 3 is 2.85 bits per heavy atom. The Balaban J connectivity index is 1.66. The lowest BCUT2D eigenvalue weighted by Crippen LogP contribution is -2.58. The first-order valence-corrected chi connectivity index (χ1v) is 9.08. The maximum atomic E-state index is 11.1. The molecule has 2 aromatic rings. The molecule has 4 rings (SSSR count). The van der Waals surface area contributed by atoms with E-state index in [2.05, 4.69) is 28.9 Å². The number of nitrogens with zero attached hydrogens (tertiary/aromatic N) is 5. The van der Waals surface area contributed by atoms with E-state index >= 15 is 0 Å². The highest BCUT2D eigenvalue weighted by atomic mass is 16.6. The van der Waals surface area contributed by atoms with Gasteiger partial charge in [-0.1, -0.05) is 12.1 Å². The van der Waals surface area contributed by atoms with Crippen molar-refractivity contribution in [2.45, 2.75) is 38.1 Å². The minimum atomic E-state index is -0.407. The number of non-ortho nitro benzene ring substituents is 1. The van der Waals surface area contributed by atoms with Crippen molar-refractivity contribution in [3.05, 3.63) is 34.4 Å². The van der Waals surface area contributed by atoms with E-state index in [0.29, 0.717) is 31.1 Å².